The summed E-state index contributed by atoms with van der Waals surface area (Å²) in [6, 6.07) is 6.28. The fourth-order valence-corrected chi connectivity index (χ4v) is 6.39. The minimum atomic E-state index is -3.88. The summed E-state index contributed by atoms with van der Waals surface area (Å²) in [7, 11) is -2.49. The van der Waals surface area contributed by atoms with Gasteiger partial charge in [0.25, 0.3) is 5.91 Å². The molecule has 1 heterocycles. The van der Waals surface area contributed by atoms with Gasteiger partial charge in [-0.25, -0.2) is 13.1 Å². The number of amides is 1. The number of nitrogens with zero attached hydrogens (tertiary/aromatic N) is 1. The molecule has 0 unspecified atom stereocenters. The molecule has 2 aromatic rings. The van der Waals surface area contributed by atoms with Crippen LogP contribution in [0.3, 0.4) is 0 Å². The van der Waals surface area contributed by atoms with Gasteiger partial charge < -0.3 is 10.1 Å². The van der Waals surface area contributed by atoms with Gasteiger partial charge in [0.15, 0.2) is 0 Å². The number of methoxy groups -OCH3 is 1. The lowest BCUT2D eigenvalue weighted by Gasteiger charge is -2.29. The van der Waals surface area contributed by atoms with E-state index in [4.69, 9.17) is 4.74 Å². The predicted molar refractivity (Wildman–Crippen MR) is 121 cm³/mol. The number of hydrogen-bond acceptors (Lipinski definition) is 6. The number of aryl methyl sites for hydroxylation is 1. The van der Waals surface area contributed by atoms with Gasteiger partial charge in [0, 0.05) is 16.5 Å². The van der Waals surface area contributed by atoms with Crippen LogP contribution >= 0.6 is 11.3 Å². The van der Waals surface area contributed by atoms with Gasteiger partial charge in [-0.3, -0.25) is 4.79 Å². The van der Waals surface area contributed by atoms with Crippen LogP contribution in [0.15, 0.2) is 23.1 Å². The summed E-state index contributed by atoms with van der Waals surface area (Å²) in [6.45, 7) is 5.76. The molecule has 0 saturated heterocycles. The van der Waals surface area contributed by atoms with Crippen LogP contribution in [-0.2, 0) is 10.0 Å². The maximum absolute atomic E-state index is 13.1. The average Bonchev–Trinajstić information content (AvgIpc) is 3.01. The van der Waals surface area contributed by atoms with E-state index in [0.29, 0.717) is 10.6 Å². The largest absolute Gasteiger partial charge is 0.495 e. The third-order valence-corrected chi connectivity index (χ3v) is 8.49. The molecule has 0 bridgehead atoms. The van der Waals surface area contributed by atoms with Crippen LogP contribution in [0.25, 0.3) is 0 Å². The molecule has 1 fully saturated rings. The Balaban J connectivity index is 1.90. The molecular formula is C22H27N3O4S2. The van der Waals surface area contributed by atoms with Crippen LogP contribution < -0.4 is 14.8 Å². The molecule has 31 heavy (non-hydrogen) atoms. The van der Waals surface area contributed by atoms with Gasteiger partial charge in [-0.2, -0.15) is 5.26 Å². The summed E-state index contributed by atoms with van der Waals surface area (Å²) in [6.07, 6.45) is 3.85. The van der Waals surface area contributed by atoms with Gasteiger partial charge in [0.2, 0.25) is 10.0 Å². The Labute approximate surface area is 187 Å². The summed E-state index contributed by atoms with van der Waals surface area (Å²) in [5, 5.41) is 12.6. The summed E-state index contributed by atoms with van der Waals surface area (Å²) < 4.78 is 34.4. The number of carbonyl (C=O) groups is 1. The summed E-state index contributed by atoms with van der Waals surface area (Å²) >= 11 is 1.32. The Morgan fingerprint density at radius 3 is 2.61 bits per heavy atom. The molecular weight excluding hydrogens is 434 g/mol. The highest BCUT2D eigenvalue weighted by Crippen LogP contribution is 2.33. The lowest BCUT2D eigenvalue weighted by molar-refractivity contribution is 0.102. The normalized spacial score (nSPS) is 18.9. The van der Waals surface area contributed by atoms with Gasteiger partial charge in [0.05, 0.1) is 12.7 Å². The van der Waals surface area contributed by atoms with Gasteiger partial charge >= 0.3 is 0 Å². The standard InChI is InChI=1S/C22H27N3O4S2/c1-13-7-5-6-8-18(13)25-31(27,28)20-11-16(9-10-19(20)29-4)21(26)24-22-17(12-23)14(2)15(3)30-22/h9-11,13,18,25H,5-8H2,1-4H3,(H,24,26)/t13-,18+/m0/s1. The average molecular weight is 462 g/mol. The number of nitriles is 1. The highest BCUT2D eigenvalue weighted by molar-refractivity contribution is 7.89. The molecule has 2 N–H and O–H groups in total. The molecule has 2 atom stereocenters. The van der Waals surface area contributed by atoms with Crippen LogP contribution in [0.4, 0.5) is 5.00 Å². The third kappa shape index (κ3) is 4.92. The molecule has 1 aromatic heterocycles. The van der Waals surface area contributed by atoms with Crippen LogP contribution in [0.5, 0.6) is 5.75 Å². The van der Waals surface area contributed by atoms with E-state index in [2.05, 4.69) is 16.1 Å². The van der Waals surface area contributed by atoms with Crippen molar-refractivity contribution in [2.24, 2.45) is 5.92 Å². The first kappa shape index (κ1) is 23.3. The zero-order valence-electron chi connectivity index (χ0n) is 18.1. The molecule has 1 aliphatic carbocycles. The van der Waals surface area contributed by atoms with Crippen molar-refractivity contribution in [3.8, 4) is 11.8 Å². The Hall–Kier alpha value is -2.41. The predicted octanol–water partition coefficient (Wildman–Crippen LogP) is 4.35. The summed E-state index contributed by atoms with van der Waals surface area (Å²) in [5.74, 6) is -0.0633. The van der Waals surface area contributed by atoms with Gasteiger partial charge in [-0.15, -0.1) is 11.3 Å². The fraction of sp³-hybridized carbons (Fsp3) is 0.455. The Morgan fingerprint density at radius 1 is 1.26 bits per heavy atom. The lowest BCUT2D eigenvalue weighted by atomic mass is 9.87. The number of nitrogens with one attached hydrogen (secondary N) is 2. The summed E-state index contributed by atoms with van der Waals surface area (Å²) in [5.41, 5.74) is 1.42. The SMILES string of the molecule is COc1ccc(C(=O)Nc2sc(C)c(C)c2C#N)cc1S(=O)(=O)N[C@@H]1CCCC[C@@H]1C. The number of ether oxygens (including phenoxy) is 1. The molecule has 1 amide bonds. The fourth-order valence-electron chi connectivity index (χ4n) is 3.81. The quantitative estimate of drug-likeness (QED) is 0.665. The van der Waals surface area contributed by atoms with Crippen molar-refractivity contribution >= 4 is 32.3 Å². The minimum absolute atomic E-state index is 0.0699. The van der Waals surface area contributed by atoms with Crippen molar-refractivity contribution < 1.29 is 17.9 Å². The van der Waals surface area contributed by atoms with E-state index in [1.165, 1.54) is 36.6 Å². The van der Waals surface area contributed by atoms with Crippen molar-refractivity contribution in [1.82, 2.24) is 4.72 Å². The second-order valence-corrected chi connectivity index (χ2v) is 10.8. The molecule has 1 saturated carbocycles. The second-order valence-electron chi connectivity index (χ2n) is 7.91. The minimum Gasteiger partial charge on any atom is -0.495 e. The molecule has 7 nitrogen and oxygen atoms in total. The Morgan fingerprint density at radius 2 is 1.97 bits per heavy atom. The first-order valence-electron chi connectivity index (χ1n) is 10.2. The molecule has 1 aromatic carbocycles. The number of benzene rings is 1. The van der Waals surface area contributed by atoms with Crippen molar-refractivity contribution in [1.29, 1.82) is 5.26 Å². The number of sulfonamides is 1. The van der Waals surface area contributed by atoms with Crippen LogP contribution in [-0.4, -0.2) is 27.5 Å². The van der Waals surface area contributed by atoms with Crippen molar-refractivity contribution in [3.05, 3.63) is 39.8 Å². The van der Waals surface area contributed by atoms with Gasteiger partial charge in [-0.05, 0) is 56.4 Å². The number of hydrogen-bond donors (Lipinski definition) is 2. The van der Waals surface area contributed by atoms with E-state index in [1.807, 2.05) is 20.8 Å². The summed E-state index contributed by atoms with van der Waals surface area (Å²) in [4.78, 5) is 13.7. The highest BCUT2D eigenvalue weighted by atomic mass is 32.2. The van der Waals surface area contributed by atoms with E-state index in [-0.39, 0.29) is 28.2 Å². The van der Waals surface area contributed by atoms with E-state index in [1.54, 1.807) is 0 Å². The van der Waals surface area contributed by atoms with E-state index >= 15 is 0 Å². The van der Waals surface area contributed by atoms with E-state index in [9.17, 15) is 18.5 Å². The number of thiophene rings is 1. The number of anilines is 1. The van der Waals surface area contributed by atoms with E-state index in [0.717, 1.165) is 36.1 Å². The van der Waals surface area contributed by atoms with Gasteiger partial charge in [-0.1, -0.05) is 19.8 Å². The van der Waals surface area contributed by atoms with Crippen molar-refractivity contribution in [3.63, 3.8) is 0 Å². The van der Waals surface area contributed by atoms with Crippen LogP contribution in [0.2, 0.25) is 0 Å². The molecule has 0 spiro atoms. The molecule has 166 valence electrons. The van der Waals surface area contributed by atoms with E-state index < -0.39 is 15.9 Å². The topological polar surface area (TPSA) is 108 Å². The smallest absolute Gasteiger partial charge is 0.256 e. The highest BCUT2D eigenvalue weighted by Gasteiger charge is 2.29. The van der Waals surface area contributed by atoms with Crippen molar-refractivity contribution in [2.75, 3.05) is 12.4 Å². The lowest BCUT2D eigenvalue weighted by Crippen LogP contribution is -2.41. The van der Waals surface area contributed by atoms with Gasteiger partial charge in [0.1, 0.15) is 21.7 Å². The molecule has 3 rings (SSSR count). The van der Waals surface area contributed by atoms with Crippen LogP contribution in [0, 0.1) is 31.1 Å². The first-order chi connectivity index (χ1) is 14.7. The molecule has 9 heteroatoms. The monoisotopic (exact) mass is 461 g/mol. The number of rotatable bonds is 6. The zero-order valence-corrected chi connectivity index (χ0v) is 19.7. The van der Waals surface area contributed by atoms with Crippen molar-refractivity contribution in [2.45, 2.75) is 57.4 Å². The molecule has 0 aliphatic heterocycles. The molecule has 1 aliphatic rings. The third-order valence-electron chi connectivity index (χ3n) is 5.86. The maximum Gasteiger partial charge on any atom is 0.256 e. The van der Waals surface area contributed by atoms with Crippen LogP contribution in [0.1, 0.15) is 59.0 Å². The molecule has 0 radical (unpaired) electrons. The zero-order chi connectivity index (χ0) is 22.8. The Bertz CT molecular complexity index is 1130. The number of carbonyl (C=O) groups excluding carboxylic acids is 1. The Kier molecular flexibility index (Phi) is 7.04. The first-order valence-corrected chi connectivity index (χ1v) is 12.5. The maximum atomic E-state index is 13.1. The second kappa shape index (κ2) is 9.39.